The van der Waals surface area contributed by atoms with Gasteiger partial charge in [-0.05, 0) is 50.2 Å². The van der Waals surface area contributed by atoms with E-state index in [0.29, 0.717) is 11.5 Å². The molecular formula is C15H20N4. The average Bonchev–Trinajstić information content (AvgIpc) is 3.12. The van der Waals surface area contributed by atoms with Gasteiger partial charge in [0, 0.05) is 19.1 Å². The number of aromatic nitrogens is 1. The fourth-order valence-corrected chi connectivity index (χ4v) is 3.21. The zero-order valence-corrected chi connectivity index (χ0v) is 11.6. The summed E-state index contributed by atoms with van der Waals surface area (Å²) in [6.07, 6.45) is 2.68. The number of pyridine rings is 1. The van der Waals surface area contributed by atoms with Gasteiger partial charge in [0.25, 0.3) is 0 Å². The minimum atomic E-state index is 0.269. The highest BCUT2D eigenvalue weighted by Crippen LogP contribution is 2.41. The Balaban J connectivity index is 1.85. The second kappa shape index (κ2) is 4.50. The Kier molecular flexibility index (Phi) is 2.94. The topological polar surface area (TPSA) is 65.9 Å². The highest BCUT2D eigenvalue weighted by molar-refractivity contribution is 5.51. The average molecular weight is 256 g/mol. The van der Waals surface area contributed by atoms with E-state index in [-0.39, 0.29) is 6.04 Å². The van der Waals surface area contributed by atoms with E-state index in [0.717, 1.165) is 36.1 Å². The standard InChI is InChI=1S/C15H20N4/c1-9-5-15(18-10(2)12(9)6-16)19-7-13(11-3-4-11)14(17)8-19/h5,11,13-14H,3-4,7-8,17H2,1-2H3/t13-,14+/m0/s1. The number of nitrogens with two attached hydrogens (primary N) is 1. The summed E-state index contributed by atoms with van der Waals surface area (Å²) in [5.74, 6) is 2.44. The van der Waals surface area contributed by atoms with Crippen LogP contribution in [0.5, 0.6) is 0 Å². The van der Waals surface area contributed by atoms with E-state index >= 15 is 0 Å². The molecule has 0 bridgehead atoms. The number of aryl methyl sites for hydroxylation is 2. The lowest BCUT2D eigenvalue weighted by Crippen LogP contribution is -2.30. The van der Waals surface area contributed by atoms with E-state index in [4.69, 9.17) is 11.0 Å². The first-order valence-electron chi connectivity index (χ1n) is 6.99. The van der Waals surface area contributed by atoms with E-state index in [1.807, 2.05) is 19.9 Å². The molecule has 100 valence electrons. The van der Waals surface area contributed by atoms with Crippen LogP contribution in [0.1, 0.15) is 29.7 Å². The molecule has 1 saturated carbocycles. The molecule has 1 aliphatic heterocycles. The number of nitriles is 1. The van der Waals surface area contributed by atoms with Gasteiger partial charge in [-0.25, -0.2) is 4.98 Å². The van der Waals surface area contributed by atoms with Crippen molar-refractivity contribution < 1.29 is 0 Å². The molecule has 2 aliphatic rings. The third-order valence-corrected chi connectivity index (χ3v) is 4.46. The minimum absolute atomic E-state index is 0.269. The van der Waals surface area contributed by atoms with E-state index in [2.05, 4.69) is 16.0 Å². The molecule has 4 heteroatoms. The van der Waals surface area contributed by atoms with E-state index in [9.17, 15) is 0 Å². The van der Waals surface area contributed by atoms with Gasteiger partial charge in [0.1, 0.15) is 11.9 Å². The predicted octanol–water partition coefficient (Wildman–Crippen LogP) is 1.74. The summed E-state index contributed by atoms with van der Waals surface area (Å²) < 4.78 is 0. The first-order chi connectivity index (χ1) is 9.10. The fourth-order valence-electron chi connectivity index (χ4n) is 3.21. The van der Waals surface area contributed by atoms with E-state index in [1.165, 1.54) is 12.8 Å². The van der Waals surface area contributed by atoms with Crippen LogP contribution in [-0.2, 0) is 0 Å². The number of anilines is 1. The Bertz CT molecular complexity index is 519. The third-order valence-electron chi connectivity index (χ3n) is 4.46. The van der Waals surface area contributed by atoms with E-state index < -0.39 is 0 Å². The second-order valence-electron chi connectivity index (χ2n) is 5.94. The number of hydrogen-bond donors (Lipinski definition) is 1. The van der Waals surface area contributed by atoms with Gasteiger partial charge in [-0.1, -0.05) is 0 Å². The van der Waals surface area contributed by atoms with Crippen LogP contribution in [0.25, 0.3) is 0 Å². The van der Waals surface area contributed by atoms with Crippen LogP contribution >= 0.6 is 0 Å². The largest absolute Gasteiger partial charge is 0.355 e. The van der Waals surface area contributed by atoms with Gasteiger partial charge in [0.15, 0.2) is 0 Å². The molecule has 0 radical (unpaired) electrons. The van der Waals surface area contributed by atoms with Crippen LogP contribution in [0.2, 0.25) is 0 Å². The number of rotatable bonds is 2. The SMILES string of the molecule is Cc1cc(N2C[C@@H](N)[C@H](C3CC3)C2)nc(C)c1C#N. The molecule has 1 saturated heterocycles. The Labute approximate surface area is 114 Å². The molecule has 2 heterocycles. The predicted molar refractivity (Wildman–Crippen MR) is 74.8 cm³/mol. The van der Waals surface area contributed by atoms with Gasteiger partial charge >= 0.3 is 0 Å². The Hall–Kier alpha value is -1.60. The fraction of sp³-hybridized carbons (Fsp3) is 0.600. The summed E-state index contributed by atoms with van der Waals surface area (Å²) in [7, 11) is 0. The third kappa shape index (κ3) is 2.19. The molecule has 0 aromatic carbocycles. The molecule has 0 unspecified atom stereocenters. The highest BCUT2D eigenvalue weighted by Gasteiger charge is 2.41. The van der Waals surface area contributed by atoms with Gasteiger partial charge < -0.3 is 10.6 Å². The van der Waals surface area contributed by atoms with Crippen LogP contribution < -0.4 is 10.6 Å². The maximum absolute atomic E-state index is 9.10. The van der Waals surface area contributed by atoms with Crippen LogP contribution in [0.3, 0.4) is 0 Å². The Morgan fingerprint density at radius 3 is 2.68 bits per heavy atom. The summed E-state index contributed by atoms with van der Waals surface area (Å²) in [5, 5.41) is 9.10. The monoisotopic (exact) mass is 256 g/mol. The molecule has 4 nitrogen and oxygen atoms in total. The van der Waals surface area contributed by atoms with Crippen molar-refractivity contribution in [1.82, 2.24) is 4.98 Å². The molecule has 0 spiro atoms. The molecule has 1 aliphatic carbocycles. The van der Waals surface area contributed by atoms with Gasteiger partial charge in [-0.3, -0.25) is 0 Å². The van der Waals surface area contributed by atoms with Gasteiger partial charge in [-0.2, -0.15) is 5.26 Å². The molecule has 0 amide bonds. The van der Waals surface area contributed by atoms with Crippen LogP contribution in [-0.4, -0.2) is 24.1 Å². The maximum Gasteiger partial charge on any atom is 0.129 e. The zero-order chi connectivity index (χ0) is 13.6. The molecule has 2 N–H and O–H groups in total. The van der Waals surface area contributed by atoms with Crippen molar-refractivity contribution in [3.05, 3.63) is 22.9 Å². The summed E-state index contributed by atoms with van der Waals surface area (Å²) in [5.41, 5.74) is 8.79. The second-order valence-corrected chi connectivity index (χ2v) is 5.94. The summed E-state index contributed by atoms with van der Waals surface area (Å²) in [6, 6.07) is 4.51. The molecule has 1 aromatic rings. The van der Waals surface area contributed by atoms with Crippen molar-refractivity contribution in [2.45, 2.75) is 32.7 Å². The van der Waals surface area contributed by atoms with Crippen molar-refractivity contribution in [3.63, 3.8) is 0 Å². The first kappa shape index (κ1) is 12.4. The molecule has 19 heavy (non-hydrogen) atoms. The van der Waals surface area contributed by atoms with Gasteiger partial charge in [0.2, 0.25) is 0 Å². The van der Waals surface area contributed by atoms with Crippen molar-refractivity contribution >= 4 is 5.82 Å². The van der Waals surface area contributed by atoms with Crippen molar-refractivity contribution in [2.24, 2.45) is 17.6 Å². The molecular weight excluding hydrogens is 236 g/mol. The zero-order valence-electron chi connectivity index (χ0n) is 11.6. The molecule has 2 fully saturated rings. The first-order valence-corrected chi connectivity index (χ1v) is 6.99. The van der Waals surface area contributed by atoms with Crippen LogP contribution in [0.15, 0.2) is 6.07 Å². The Morgan fingerprint density at radius 1 is 1.37 bits per heavy atom. The van der Waals surface area contributed by atoms with Crippen molar-refractivity contribution in [1.29, 1.82) is 5.26 Å². The molecule has 2 atom stereocenters. The summed E-state index contributed by atoms with van der Waals surface area (Å²) in [4.78, 5) is 6.87. The normalized spacial score (nSPS) is 26.5. The summed E-state index contributed by atoms with van der Waals surface area (Å²) in [6.45, 7) is 5.79. The lowest BCUT2D eigenvalue weighted by Gasteiger charge is -2.19. The van der Waals surface area contributed by atoms with Crippen LogP contribution in [0.4, 0.5) is 5.82 Å². The highest BCUT2D eigenvalue weighted by atomic mass is 15.2. The quantitative estimate of drug-likeness (QED) is 0.875. The Morgan fingerprint density at radius 2 is 2.11 bits per heavy atom. The van der Waals surface area contributed by atoms with Crippen LogP contribution in [0, 0.1) is 37.0 Å². The van der Waals surface area contributed by atoms with Crippen molar-refractivity contribution in [2.75, 3.05) is 18.0 Å². The number of hydrogen-bond acceptors (Lipinski definition) is 4. The molecule has 1 aromatic heterocycles. The van der Waals surface area contributed by atoms with Crippen molar-refractivity contribution in [3.8, 4) is 6.07 Å². The summed E-state index contributed by atoms with van der Waals surface area (Å²) >= 11 is 0. The number of nitrogens with zero attached hydrogens (tertiary/aromatic N) is 3. The maximum atomic E-state index is 9.10. The smallest absolute Gasteiger partial charge is 0.129 e. The lowest BCUT2D eigenvalue weighted by molar-refractivity contribution is 0.456. The van der Waals surface area contributed by atoms with Gasteiger partial charge in [-0.15, -0.1) is 0 Å². The van der Waals surface area contributed by atoms with Gasteiger partial charge in [0.05, 0.1) is 11.3 Å². The molecule has 3 rings (SSSR count). The minimum Gasteiger partial charge on any atom is -0.355 e. The van der Waals surface area contributed by atoms with E-state index in [1.54, 1.807) is 0 Å². The lowest BCUT2D eigenvalue weighted by atomic mass is 9.99.